The molecule has 4 rings (SSSR count). The van der Waals surface area contributed by atoms with E-state index in [-0.39, 0.29) is 18.3 Å². The van der Waals surface area contributed by atoms with Crippen LogP contribution in [0.4, 0.5) is 0 Å². The van der Waals surface area contributed by atoms with Gasteiger partial charge >= 0.3 is 5.97 Å². The molecule has 0 spiro atoms. The summed E-state index contributed by atoms with van der Waals surface area (Å²) in [6.45, 7) is 2.00. The molecule has 1 aliphatic rings. The maximum atomic E-state index is 13.4. The first-order valence-corrected chi connectivity index (χ1v) is 10.8. The number of carbonyl (C=O) groups excluding carboxylic acids is 2. The van der Waals surface area contributed by atoms with Gasteiger partial charge in [0.25, 0.3) is 0 Å². The van der Waals surface area contributed by atoms with Crippen molar-refractivity contribution in [1.29, 1.82) is 0 Å². The van der Waals surface area contributed by atoms with E-state index >= 15 is 0 Å². The van der Waals surface area contributed by atoms with Gasteiger partial charge in [-0.15, -0.1) is 0 Å². The molecule has 0 radical (unpaired) electrons. The van der Waals surface area contributed by atoms with Gasteiger partial charge in [-0.3, -0.25) is 4.79 Å². The van der Waals surface area contributed by atoms with Crippen LogP contribution in [0, 0.1) is 0 Å². The zero-order chi connectivity index (χ0) is 23.5. The lowest BCUT2D eigenvalue weighted by Crippen LogP contribution is -2.18. The molecule has 0 bridgehead atoms. The lowest BCUT2D eigenvalue weighted by Gasteiger charge is -2.23. The molecule has 0 saturated heterocycles. The van der Waals surface area contributed by atoms with Crippen molar-refractivity contribution in [3.63, 3.8) is 0 Å². The van der Waals surface area contributed by atoms with Gasteiger partial charge in [-0.25, -0.2) is 4.79 Å². The van der Waals surface area contributed by atoms with Crippen LogP contribution in [0.1, 0.15) is 51.4 Å². The second kappa shape index (κ2) is 9.40. The van der Waals surface area contributed by atoms with Crippen LogP contribution in [0.2, 0.25) is 0 Å². The Kier molecular flexibility index (Phi) is 6.40. The van der Waals surface area contributed by atoms with Gasteiger partial charge in [0.2, 0.25) is 0 Å². The summed E-state index contributed by atoms with van der Waals surface area (Å²) in [7, 11) is 4.77. The van der Waals surface area contributed by atoms with Crippen LogP contribution >= 0.6 is 0 Å². The van der Waals surface area contributed by atoms with Gasteiger partial charge in [0.05, 0.1) is 27.9 Å². The van der Waals surface area contributed by atoms with E-state index in [9.17, 15) is 9.59 Å². The molecule has 33 heavy (non-hydrogen) atoms. The Morgan fingerprint density at radius 2 is 1.67 bits per heavy atom. The number of carbonyl (C=O) groups is 2. The number of hydrogen-bond acceptors (Lipinski definition) is 6. The van der Waals surface area contributed by atoms with E-state index in [1.807, 2.05) is 42.5 Å². The van der Waals surface area contributed by atoms with Crippen LogP contribution in [0.15, 0.2) is 42.5 Å². The number of ketones is 1. The van der Waals surface area contributed by atoms with Crippen LogP contribution in [0.3, 0.4) is 0 Å². The van der Waals surface area contributed by atoms with Gasteiger partial charge in [-0.1, -0.05) is 18.2 Å². The van der Waals surface area contributed by atoms with E-state index in [2.05, 4.69) is 4.98 Å². The number of H-pyrrole nitrogens is 1. The predicted octanol–water partition coefficient (Wildman–Crippen LogP) is 4.80. The minimum Gasteiger partial charge on any atom is -0.497 e. The smallest absolute Gasteiger partial charge is 0.355 e. The van der Waals surface area contributed by atoms with Crippen molar-refractivity contribution in [2.75, 3.05) is 27.9 Å². The van der Waals surface area contributed by atoms with Gasteiger partial charge in [0.15, 0.2) is 17.3 Å². The molecule has 172 valence electrons. The minimum absolute atomic E-state index is 0.0198. The van der Waals surface area contributed by atoms with E-state index < -0.39 is 5.97 Å². The van der Waals surface area contributed by atoms with Crippen molar-refractivity contribution in [3.05, 3.63) is 65.0 Å². The molecule has 2 aromatic carbocycles. The van der Waals surface area contributed by atoms with Gasteiger partial charge in [0, 0.05) is 23.2 Å². The topological polar surface area (TPSA) is 86.9 Å². The summed E-state index contributed by atoms with van der Waals surface area (Å²) in [5, 5.41) is 0. The quantitative estimate of drug-likeness (QED) is 0.522. The monoisotopic (exact) mass is 449 g/mol. The molecule has 1 unspecified atom stereocenters. The molecule has 3 aromatic rings. The molecule has 0 amide bonds. The fourth-order valence-corrected chi connectivity index (χ4v) is 4.40. The summed E-state index contributed by atoms with van der Waals surface area (Å²) in [5.41, 5.74) is 3.91. The number of esters is 1. The highest BCUT2D eigenvalue weighted by molar-refractivity contribution is 6.10. The van der Waals surface area contributed by atoms with E-state index in [0.717, 1.165) is 16.8 Å². The van der Waals surface area contributed by atoms with Gasteiger partial charge in [-0.05, 0) is 54.7 Å². The second-order valence-electron chi connectivity index (χ2n) is 7.82. The number of methoxy groups -OCH3 is 3. The molecule has 1 aromatic heterocycles. The van der Waals surface area contributed by atoms with Crippen LogP contribution in [0.5, 0.6) is 17.2 Å². The first kappa shape index (κ1) is 22.5. The Bertz CT molecular complexity index is 1180. The predicted molar refractivity (Wildman–Crippen MR) is 124 cm³/mol. The zero-order valence-electron chi connectivity index (χ0n) is 19.2. The highest BCUT2D eigenvalue weighted by Gasteiger charge is 2.34. The van der Waals surface area contributed by atoms with Crippen LogP contribution < -0.4 is 14.2 Å². The Hall–Kier alpha value is -3.74. The first-order chi connectivity index (χ1) is 16.0. The minimum atomic E-state index is -0.479. The second-order valence-corrected chi connectivity index (χ2v) is 7.82. The van der Waals surface area contributed by atoms with Crippen LogP contribution in [0.25, 0.3) is 11.1 Å². The molecule has 7 nitrogen and oxygen atoms in total. The first-order valence-electron chi connectivity index (χ1n) is 10.8. The third-order valence-electron chi connectivity index (χ3n) is 5.98. The van der Waals surface area contributed by atoms with E-state index in [0.29, 0.717) is 46.9 Å². The average Bonchev–Trinajstić information content (AvgIpc) is 3.24. The van der Waals surface area contributed by atoms with Gasteiger partial charge in [0.1, 0.15) is 11.4 Å². The molecule has 1 N–H and O–H groups in total. The highest BCUT2D eigenvalue weighted by atomic mass is 16.5. The summed E-state index contributed by atoms with van der Waals surface area (Å²) < 4.78 is 21.3. The van der Waals surface area contributed by atoms with Crippen LogP contribution in [-0.2, 0) is 11.2 Å². The molecule has 0 aliphatic heterocycles. The molecule has 0 fully saturated rings. The molecular formula is C26H27NO6. The number of Topliss-reactive ketones (excluding diaryl/α,β-unsaturated/α-hetero) is 1. The summed E-state index contributed by atoms with van der Waals surface area (Å²) in [5.74, 6) is 1.39. The van der Waals surface area contributed by atoms with Crippen molar-refractivity contribution >= 4 is 11.8 Å². The molecule has 1 heterocycles. The zero-order valence-corrected chi connectivity index (χ0v) is 19.2. The Morgan fingerprint density at radius 1 is 0.939 bits per heavy atom. The number of aromatic amines is 1. The van der Waals surface area contributed by atoms with Gasteiger partial charge < -0.3 is 23.9 Å². The standard InChI is InChI=1S/C26H27NO6/c1-5-33-26(29)25-23(15-6-9-18(30-2)10-7-15)24-19(27-25)12-17(13-20(24)28)16-8-11-21(31-3)22(14-16)32-4/h6-11,14,17,27H,5,12-13H2,1-4H3. The number of benzene rings is 2. The molecule has 0 saturated carbocycles. The maximum Gasteiger partial charge on any atom is 0.355 e. The highest BCUT2D eigenvalue weighted by Crippen LogP contribution is 2.41. The Balaban J connectivity index is 1.78. The third kappa shape index (κ3) is 4.18. The van der Waals surface area contributed by atoms with Crippen LogP contribution in [-0.4, -0.2) is 44.7 Å². The van der Waals surface area contributed by atoms with Crippen molar-refractivity contribution in [2.24, 2.45) is 0 Å². The summed E-state index contributed by atoms with van der Waals surface area (Å²) >= 11 is 0. The van der Waals surface area contributed by atoms with E-state index in [1.54, 1.807) is 28.3 Å². The van der Waals surface area contributed by atoms with Crippen molar-refractivity contribution in [3.8, 4) is 28.4 Å². The summed E-state index contributed by atoms with van der Waals surface area (Å²) in [4.78, 5) is 29.4. The van der Waals surface area contributed by atoms with Gasteiger partial charge in [-0.2, -0.15) is 0 Å². The normalized spacial score (nSPS) is 15.0. The number of fused-ring (bicyclic) bond motifs is 1. The van der Waals surface area contributed by atoms with E-state index in [1.165, 1.54) is 0 Å². The maximum absolute atomic E-state index is 13.4. The third-order valence-corrected chi connectivity index (χ3v) is 5.98. The van der Waals surface area contributed by atoms with Crippen molar-refractivity contribution in [2.45, 2.75) is 25.7 Å². The average molecular weight is 450 g/mol. The molecule has 1 atom stereocenters. The number of rotatable bonds is 7. The number of aromatic nitrogens is 1. The number of nitrogens with one attached hydrogen (secondary N) is 1. The number of ether oxygens (including phenoxy) is 4. The molecule has 7 heteroatoms. The number of hydrogen-bond donors (Lipinski definition) is 1. The Morgan fingerprint density at radius 3 is 2.30 bits per heavy atom. The summed E-state index contributed by atoms with van der Waals surface area (Å²) in [6, 6.07) is 13.0. The lowest BCUT2D eigenvalue weighted by atomic mass is 9.80. The van der Waals surface area contributed by atoms with Crippen molar-refractivity contribution < 1.29 is 28.5 Å². The Labute approximate surface area is 192 Å². The molecular weight excluding hydrogens is 422 g/mol. The fraction of sp³-hybridized carbons (Fsp3) is 0.308. The van der Waals surface area contributed by atoms with Crippen molar-refractivity contribution in [1.82, 2.24) is 4.98 Å². The lowest BCUT2D eigenvalue weighted by molar-refractivity contribution is 0.0521. The summed E-state index contributed by atoms with van der Waals surface area (Å²) in [6.07, 6.45) is 0.908. The van der Waals surface area contributed by atoms with E-state index in [4.69, 9.17) is 18.9 Å². The molecule has 1 aliphatic carbocycles. The SMILES string of the molecule is CCOC(=O)c1[nH]c2c(c1-c1ccc(OC)cc1)C(=O)CC(c1ccc(OC)c(OC)c1)C2. The largest absolute Gasteiger partial charge is 0.497 e. The fourth-order valence-electron chi connectivity index (χ4n) is 4.40.